The van der Waals surface area contributed by atoms with Crippen LogP contribution in [-0.2, 0) is 10.0 Å². The van der Waals surface area contributed by atoms with Gasteiger partial charge in [-0.25, -0.2) is 18.0 Å². The molecule has 0 spiro atoms. The van der Waals surface area contributed by atoms with E-state index in [1.807, 2.05) is 6.92 Å². The van der Waals surface area contributed by atoms with Crippen LogP contribution in [0.3, 0.4) is 0 Å². The number of rotatable bonds is 4. The zero-order valence-electron chi connectivity index (χ0n) is 15.9. The summed E-state index contributed by atoms with van der Waals surface area (Å²) in [6.07, 6.45) is 0. The topological polar surface area (TPSA) is 95.6 Å². The van der Waals surface area contributed by atoms with Gasteiger partial charge >= 0.3 is 12.1 Å². The van der Waals surface area contributed by atoms with E-state index in [0.717, 1.165) is 5.56 Å². The van der Waals surface area contributed by atoms with E-state index >= 15 is 0 Å². The monoisotopic (exact) mass is 443 g/mol. The summed E-state index contributed by atoms with van der Waals surface area (Å²) in [4.78, 5) is 25.0. The largest absolute Gasteiger partial charge is 0.344 e. The molecule has 0 fully saturated rings. The van der Waals surface area contributed by atoms with Crippen molar-refractivity contribution in [2.75, 3.05) is 9.62 Å². The molecule has 3 aromatic carbocycles. The summed E-state index contributed by atoms with van der Waals surface area (Å²) in [5.41, 5.74) is 1.34. The number of amides is 4. The molecule has 9 heteroatoms. The molecule has 7 nitrogen and oxygen atoms in total. The molecule has 30 heavy (non-hydrogen) atoms. The first kappa shape index (κ1) is 21.4. The highest BCUT2D eigenvalue weighted by Gasteiger charge is 2.32. The van der Waals surface area contributed by atoms with Gasteiger partial charge in [0.25, 0.3) is 10.0 Å². The molecule has 3 aromatic rings. The third-order valence-electron chi connectivity index (χ3n) is 4.06. The van der Waals surface area contributed by atoms with Crippen LogP contribution in [-0.4, -0.2) is 20.5 Å². The van der Waals surface area contributed by atoms with E-state index in [0.29, 0.717) is 15.0 Å². The number of halogens is 1. The van der Waals surface area contributed by atoms with Crippen molar-refractivity contribution in [1.29, 1.82) is 0 Å². The van der Waals surface area contributed by atoms with Crippen LogP contribution >= 0.6 is 11.6 Å². The third kappa shape index (κ3) is 4.97. The van der Waals surface area contributed by atoms with Crippen LogP contribution < -0.4 is 14.9 Å². The minimum absolute atomic E-state index is 0.0324. The molecule has 154 valence electrons. The minimum atomic E-state index is -4.30. The molecule has 2 N–H and O–H groups in total. The van der Waals surface area contributed by atoms with Crippen molar-refractivity contribution in [1.82, 2.24) is 5.32 Å². The van der Waals surface area contributed by atoms with E-state index in [9.17, 15) is 18.0 Å². The number of sulfonamides is 1. The number of anilines is 2. The van der Waals surface area contributed by atoms with Gasteiger partial charge in [0.05, 0.1) is 10.6 Å². The van der Waals surface area contributed by atoms with Gasteiger partial charge < -0.3 is 5.32 Å². The zero-order chi connectivity index (χ0) is 21.7. The third-order valence-corrected chi connectivity index (χ3v) is 6.03. The Morgan fingerprint density at radius 2 is 1.47 bits per heavy atom. The molecule has 0 aliphatic heterocycles. The number of benzene rings is 3. The quantitative estimate of drug-likeness (QED) is 0.606. The van der Waals surface area contributed by atoms with Gasteiger partial charge in [-0.2, -0.15) is 4.31 Å². The number of nitrogens with one attached hydrogen (secondary N) is 2. The van der Waals surface area contributed by atoms with E-state index in [4.69, 9.17) is 11.6 Å². The number of urea groups is 2. The van der Waals surface area contributed by atoms with Crippen molar-refractivity contribution in [2.24, 2.45) is 0 Å². The van der Waals surface area contributed by atoms with Gasteiger partial charge in [-0.15, -0.1) is 0 Å². The number of carbonyl (C=O) groups is 2. The Labute approximate surface area is 179 Å². The van der Waals surface area contributed by atoms with E-state index < -0.39 is 22.1 Å². The van der Waals surface area contributed by atoms with Crippen LogP contribution in [0.5, 0.6) is 0 Å². The van der Waals surface area contributed by atoms with Crippen molar-refractivity contribution >= 4 is 45.1 Å². The number of hydrogen-bond acceptors (Lipinski definition) is 4. The highest BCUT2D eigenvalue weighted by Crippen LogP contribution is 2.25. The van der Waals surface area contributed by atoms with Crippen LogP contribution in [0.15, 0.2) is 83.8 Å². The normalized spacial score (nSPS) is 10.9. The fraction of sp³-hybridized carbons (Fsp3) is 0.0476. The highest BCUT2D eigenvalue weighted by molar-refractivity contribution is 7.93. The van der Waals surface area contributed by atoms with Gasteiger partial charge in [-0.05, 0) is 55.5 Å². The van der Waals surface area contributed by atoms with Gasteiger partial charge in [-0.3, -0.25) is 5.32 Å². The first-order valence-electron chi connectivity index (χ1n) is 8.82. The number of nitrogens with zero attached hydrogens (tertiary/aromatic N) is 1. The van der Waals surface area contributed by atoms with Crippen molar-refractivity contribution in [3.8, 4) is 0 Å². The summed E-state index contributed by atoms with van der Waals surface area (Å²) >= 11 is 5.89. The van der Waals surface area contributed by atoms with Gasteiger partial charge in [0, 0.05) is 10.7 Å². The molecule has 0 saturated carbocycles. The fourth-order valence-corrected chi connectivity index (χ4v) is 4.07. The molecule has 4 amide bonds. The first-order valence-corrected chi connectivity index (χ1v) is 10.6. The second kappa shape index (κ2) is 8.98. The molecule has 0 bridgehead atoms. The number of imide groups is 1. The average Bonchev–Trinajstić information content (AvgIpc) is 2.70. The number of carbonyl (C=O) groups excluding carboxylic acids is 2. The number of aryl methyl sites for hydroxylation is 1. The maximum atomic E-state index is 13.2. The fourth-order valence-electron chi connectivity index (χ4n) is 2.59. The van der Waals surface area contributed by atoms with Gasteiger partial charge in [0.2, 0.25) is 0 Å². The smallest absolute Gasteiger partial charge is 0.308 e. The molecule has 3 rings (SSSR count). The summed E-state index contributed by atoms with van der Waals surface area (Å²) < 4.78 is 26.9. The Morgan fingerprint density at radius 1 is 0.867 bits per heavy atom. The van der Waals surface area contributed by atoms with Crippen molar-refractivity contribution in [2.45, 2.75) is 11.8 Å². The molecule has 0 aromatic heterocycles. The number of hydrogen-bond donors (Lipinski definition) is 2. The van der Waals surface area contributed by atoms with Crippen molar-refractivity contribution in [3.63, 3.8) is 0 Å². The van der Waals surface area contributed by atoms with Gasteiger partial charge in [0.15, 0.2) is 0 Å². The highest BCUT2D eigenvalue weighted by atomic mass is 35.5. The summed E-state index contributed by atoms with van der Waals surface area (Å²) in [5, 5.41) is 4.90. The Bertz CT molecular complexity index is 1150. The lowest BCUT2D eigenvalue weighted by Crippen LogP contribution is -2.47. The molecule has 0 radical (unpaired) electrons. The second-order valence-corrected chi connectivity index (χ2v) is 8.53. The van der Waals surface area contributed by atoms with Crippen LogP contribution in [0.4, 0.5) is 21.0 Å². The maximum absolute atomic E-state index is 13.2. The van der Waals surface area contributed by atoms with E-state index in [1.165, 1.54) is 36.4 Å². The van der Waals surface area contributed by atoms with Gasteiger partial charge in [-0.1, -0.05) is 47.5 Å². The summed E-state index contributed by atoms with van der Waals surface area (Å²) in [7, 11) is -4.30. The standard InChI is InChI=1S/C21H18ClN3O4S/c1-15-7-13-19(14-8-15)30(28,29)25(18-11-9-16(22)10-12-18)21(27)24-20(26)23-17-5-3-2-4-6-17/h2-14H,1H3,(H2,23,24,26,27). The molecule has 0 aliphatic carbocycles. The van der Waals surface area contributed by atoms with E-state index in [-0.39, 0.29) is 10.6 Å². The lowest BCUT2D eigenvalue weighted by molar-refractivity contribution is 0.238. The van der Waals surface area contributed by atoms with E-state index in [1.54, 1.807) is 42.5 Å². The van der Waals surface area contributed by atoms with Crippen LogP contribution in [0.2, 0.25) is 5.02 Å². The van der Waals surface area contributed by atoms with Crippen LogP contribution in [0.25, 0.3) is 0 Å². The summed E-state index contributed by atoms with van der Waals surface area (Å²) in [6, 6.07) is 18.1. The average molecular weight is 444 g/mol. The number of para-hydroxylation sites is 1. The summed E-state index contributed by atoms with van der Waals surface area (Å²) in [6.45, 7) is 1.81. The Balaban J connectivity index is 1.93. The minimum Gasteiger partial charge on any atom is -0.308 e. The maximum Gasteiger partial charge on any atom is 0.344 e. The van der Waals surface area contributed by atoms with Crippen molar-refractivity contribution in [3.05, 3.63) is 89.4 Å². The second-order valence-electron chi connectivity index (χ2n) is 6.31. The SMILES string of the molecule is Cc1ccc(S(=O)(=O)N(C(=O)NC(=O)Nc2ccccc2)c2ccc(Cl)cc2)cc1. The Kier molecular flexibility index (Phi) is 6.39. The Morgan fingerprint density at radius 3 is 2.07 bits per heavy atom. The predicted molar refractivity (Wildman–Crippen MR) is 116 cm³/mol. The zero-order valence-corrected chi connectivity index (χ0v) is 17.4. The first-order chi connectivity index (χ1) is 14.3. The lowest BCUT2D eigenvalue weighted by atomic mass is 10.2. The molecule has 0 saturated heterocycles. The molecule has 0 atom stereocenters. The predicted octanol–water partition coefficient (Wildman–Crippen LogP) is 4.79. The van der Waals surface area contributed by atoms with Crippen molar-refractivity contribution < 1.29 is 18.0 Å². The molecule has 0 heterocycles. The van der Waals surface area contributed by atoms with Crippen LogP contribution in [0.1, 0.15) is 5.56 Å². The summed E-state index contributed by atoms with van der Waals surface area (Å²) in [5.74, 6) is 0. The van der Waals surface area contributed by atoms with Crippen LogP contribution in [0, 0.1) is 6.92 Å². The molecule has 0 aliphatic rings. The molecular formula is C21H18ClN3O4S. The molecular weight excluding hydrogens is 426 g/mol. The molecule has 0 unspecified atom stereocenters. The van der Waals surface area contributed by atoms with Gasteiger partial charge in [0.1, 0.15) is 0 Å². The lowest BCUT2D eigenvalue weighted by Gasteiger charge is -2.23. The Hall–Kier alpha value is -3.36. The van der Waals surface area contributed by atoms with E-state index in [2.05, 4.69) is 10.6 Å².